The monoisotopic (exact) mass is 236 g/mol. The molecule has 1 aliphatic carbocycles. The summed E-state index contributed by atoms with van der Waals surface area (Å²) in [5.74, 6) is 0. The van der Waals surface area contributed by atoms with Gasteiger partial charge in [-0.05, 0) is 0 Å². The second-order valence-corrected chi connectivity index (χ2v) is 3.54. The van der Waals surface area contributed by atoms with E-state index in [1.165, 1.54) is 64.2 Å². The molecule has 1 aliphatic rings. The van der Waals surface area contributed by atoms with Crippen molar-refractivity contribution in [2.45, 2.75) is 64.2 Å². The van der Waals surface area contributed by atoms with Crippen LogP contribution in [0, 0.1) is 0 Å². The molecule has 0 heterocycles. The maximum atomic E-state index is 7.00. The molecule has 0 amide bonds. The standard InChI is InChI=1S/C10H20.3CH4O/c1-2-4-6-8-10-9-7-5-3-1;3*1-2/h1-10H2;3*2H,1H3. The third-order valence-electron chi connectivity index (χ3n) is 2.50. The average Bonchev–Trinajstić information content (AvgIpc) is 2.43. The van der Waals surface area contributed by atoms with Crippen molar-refractivity contribution in [2.24, 2.45) is 0 Å². The predicted molar refractivity (Wildman–Crippen MR) is 70.6 cm³/mol. The molecular weight excluding hydrogens is 204 g/mol. The van der Waals surface area contributed by atoms with Gasteiger partial charge in [0.05, 0.1) is 0 Å². The number of hydrogen-bond acceptors (Lipinski definition) is 3. The van der Waals surface area contributed by atoms with Crippen molar-refractivity contribution in [3.63, 3.8) is 0 Å². The van der Waals surface area contributed by atoms with Crippen molar-refractivity contribution in [3.8, 4) is 0 Å². The van der Waals surface area contributed by atoms with Gasteiger partial charge in [-0.25, -0.2) is 0 Å². The summed E-state index contributed by atoms with van der Waals surface area (Å²) in [5, 5.41) is 21.0. The summed E-state index contributed by atoms with van der Waals surface area (Å²) in [7, 11) is 3.00. The SMILES string of the molecule is C1CCCCCCCCC1.CO.CO.CO. The van der Waals surface area contributed by atoms with E-state index >= 15 is 0 Å². The zero-order valence-electron chi connectivity index (χ0n) is 11.4. The summed E-state index contributed by atoms with van der Waals surface area (Å²) < 4.78 is 0. The number of aliphatic hydroxyl groups excluding tert-OH is 3. The molecule has 3 heteroatoms. The molecule has 3 nitrogen and oxygen atoms in total. The van der Waals surface area contributed by atoms with E-state index in [0.717, 1.165) is 21.3 Å². The first kappa shape index (κ1) is 21.2. The van der Waals surface area contributed by atoms with E-state index < -0.39 is 0 Å². The highest BCUT2D eigenvalue weighted by molar-refractivity contribution is 4.51. The van der Waals surface area contributed by atoms with E-state index in [2.05, 4.69) is 0 Å². The molecule has 1 fully saturated rings. The largest absolute Gasteiger partial charge is 0.400 e. The lowest BCUT2D eigenvalue weighted by Gasteiger charge is -2.05. The first-order chi connectivity index (χ1) is 8.00. The van der Waals surface area contributed by atoms with Crippen LogP contribution in [0.3, 0.4) is 0 Å². The smallest absolute Gasteiger partial charge is 0.0319 e. The molecule has 16 heavy (non-hydrogen) atoms. The molecule has 1 saturated carbocycles. The molecule has 1 rings (SSSR count). The van der Waals surface area contributed by atoms with Gasteiger partial charge in [-0.15, -0.1) is 0 Å². The Kier molecular flexibility index (Phi) is 38.9. The van der Waals surface area contributed by atoms with Crippen LogP contribution >= 0.6 is 0 Å². The van der Waals surface area contributed by atoms with E-state index in [0.29, 0.717) is 0 Å². The van der Waals surface area contributed by atoms with Crippen LogP contribution in [0.15, 0.2) is 0 Å². The minimum atomic E-state index is 1.00. The lowest BCUT2D eigenvalue weighted by Crippen LogP contribution is -1.85. The maximum Gasteiger partial charge on any atom is 0.0319 e. The lowest BCUT2D eigenvalue weighted by molar-refractivity contribution is 0.399. The number of aliphatic hydroxyl groups is 3. The highest BCUT2D eigenvalue weighted by Crippen LogP contribution is 2.15. The summed E-state index contributed by atoms with van der Waals surface area (Å²) >= 11 is 0. The average molecular weight is 236 g/mol. The predicted octanol–water partition coefficient (Wildman–Crippen LogP) is 2.73. The molecular formula is C13H32O3. The van der Waals surface area contributed by atoms with Crippen LogP contribution in [0.4, 0.5) is 0 Å². The molecule has 0 aromatic carbocycles. The maximum absolute atomic E-state index is 7.00. The molecule has 0 unspecified atom stereocenters. The fraction of sp³-hybridized carbons (Fsp3) is 1.00. The van der Waals surface area contributed by atoms with E-state index in [1.54, 1.807) is 0 Å². The summed E-state index contributed by atoms with van der Waals surface area (Å²) in [5.41, 5.74) is 0. The van der Waals surface area contributed by atoms with E-state index in [9.17, 15) is 0 Å². The van der Waals surface area contributed by atoms with E-state index in [1.807, 2.05) is 0 Å². The second kappa shape index (κ2) is 29.4. The minimum absolute atomic E-state index is 1.00. The van der Waals surface area contributed by atoms with Gasteiger partial charge in [-0.1, -0.05) is 64.2 Å². The molecule has 0 saturated heterocycles. The van der Waals surface area contributed by atoms with Crippen LogP contribution in [-0.4, -0.2) is 36.6 Å². The van der Waals surface area contributed by atoms with Gasteiger partial charge in [0.1, 0.15) is 0 Å². The van der Waals surface area contributed by atoms with Crippen molar-refractivity contribution < 1.29 is 15.3 Å². The van der Waals surface area contributed by atoms with Crippen molar-refractivity contribution in [1.82, 2.24) is 0 Å². The summed E-state index contributed by atoms with van der Waals surface area (Å²) in [4.78, 5) is 0. The Morgan fingerprint density at radius 1 is 0.312 bits per heavy atom. The first-order valence-corrected chi connectivity index (χ1v) is 6.34. The normalized spacial score (nSPS) is 16.1. The van der Waals surface area contributed by atoms with Gasteiger partial charge < -0.3 is 15.3 Å². The van der Waals surface area contributed by atoms with Crippen LogP contribution in [0.5, 0.6) is 0 Å². The molecule has 0 atom stereocenters. The van der Waals surface area contributed by atoms with Gasteiger partial charge in [0.2, 0.25) is 0 Å². The van der Waals surface area contributed by atoms with E-state index in [-0.39, 0.29) is 0 Å². The topological polar surface area (TPSA) is 60.7 Å². The third kappa shape index (κ3) is 23.6. The Labute approximate surface area is 102 Å². The quantitative estimate of drug-likeness (QED) is 0.606. The van der Waals surface area contributed by atoms with Gasteiger partial charge in [0.15, 0.2) is 0 Å². The van der Waals surface area contributed by atoms with Gasteiger partial charge in [-0.2, -0.15) is 0 Å². The van der Waals surface area contributed by atoms with Crippen LogP contribution in [0.2, 0.25) is 0 Å². The molecule has 0 bridgehead atoms. The lowest BCUT2D eigenvalue weighted by atomic mass is 10.0. The van der Waals surface area contributed by atoms with Gasteiger partial charge in [-0.3, -0.25) is 0 Å². The minimum Gasteiger partial charge on any atom is -0.400 e. The van der Waals surface area contributed by atoms with Gasteiger partial charge >= 0.3 is 0 Å². The van der Waals surface area contributed by atoms with Crippen LogP contribution in [-0.2, 0) is 0 Å². The molecule has 102 valence electrons. The zero-order chi connectivity index (χ0) is 13.1. The molecule has 0 radical (unpaired) electrons. The second-order valence-electron chi connectivity index (χ2n) is 3.54. The Hall–Kier alpha value is -0.120. The van der Waals surface area contributed by atoms with Crippen molar-refractivity contribution in [3.05, 3.63) is 0 Å². The Balaban J connectivity index is -0.000000245. The Morgan fingerprint density at radius 2 is 0.375 bits per heavy atom. The van der Waals surface area contributed by atoms with Crippen molar-refractivity contribution >= 4 is 0 Å². The fourth-order valence-electron chi connectivity index (χ4n) is 1.77. The van der Waals surface area contributed by atoms with Crippen LogP contribution in [0.25, 0.3) is 0 Å². The Bertz CT molecular complexity index is 44.4. The van der Waals surface area contributed by atoms with Crippen molar-refractivity contribution in [2.75, 3.05) is 21.3 Å². The zero-order valence-corrected chi connectivity index (χ0v) is 11.4. The summed E-state index contributed by atoms with van der Waals surface area (Å²) in [6.07, 6.45) is 15.0. The highest BCUT2D eigenvalue weighted by Gasteiger charge is 1.95. The summed E-state index contributed by atoms with van der Waals surface area (Å²) in [6.45, 7) is 0. The van der Waals surface area contributed by atoms with Crippen LogP contribution in [0.1, 0.15) is 64.2 Å². The molecule has 0 aliphatic heterocycles. The number of hydrogen-bond donors (Lipinski definition) is 3. The molecule has 0 aromatic rings. The van der Waals surface area contributed by atoms with Gasteiger partial charge in [0.25, 0.3) is 0 Å². The van der Waals surface area contributed by atoms with E-state index in [4.69, 9.17) is 15.3 Å². The first-order valence-electron chi connectivity index (χ1n) is 6.34. The Morgan fingerprint density at radius 3 is 0.438 bits per heavy atom. The molecule has 3 N–H and O–H groups in total. The molecule has 0 aromatic heterocycles. The van der Waals surface area contributed by atoms with Gasteiger partial charge in [0, 0.05) is 21.3 Å². The highest BCUT2D eigenvalue weighted by atomic mass is 16.2. The third-order valence-corrected chi connectivity index (χ3v) is 2.50. The molecule has 0 spiro atoms. The number of rotatable bonds is 0. The summed E-state index contributed by atoms with van der Waals surface area (Å²) in [6, 6.07) is 0. The fourth-order valence-corrected chi connectivity index (χ4v) is 1.77. The van der Waals surface area contributed by atoms with Crippen molar-refractivity contribution in [1.29, 1.82) is 0 Å². The van der Waals surface area contributed by atoms with Crippen LogP contribution < -0.4 is 0 Å².